The maximum Gasteiger partial charge on any atom is 0.229 e. The van der Waals surface area contributed by atoms with Crippen LogP contribution in [0.2, 0.25) is 0 Å². The highest BCUT2D eigenvalue weighted by molar-refractivity contribution is 5.90. The fourth-order valence-corrected chi connectivity index (χ4v) is 3.13. The number of hydrogen-bond donors (Lipinski definition) is 2. The zero-order valence-corrected chi connectivity index (χ0v) is 16.3. The van der Waals surface area contributed by atoms with Crippen LogP contribution in [0.1, 0.15) is 5.56 Å². The number of benzene rings is 3. The first-order valence-electron chi connectivity index (χ1n) is 9.30. The number of ether oxygens (including phenoxy) is 2. The quantitative estimate of drug-likeness (QED) is 0.466. The third-order valence-electron chi connectivity index (χ3n) is 4.57. The fraction of sp³-hybridized carbons (Fsp3) is 0.130. The summed E-state index contributed by atoms with van der Waals surface area (Å²) < 4.78 is 10.7. The first kappa shape index (κ1) is 18.6. The monoisotopic (exact) mass is 386 g/mol. The Kier molecular flexibility index (Phi) is 5.42. The number of anilines is 3. The molecule has 2 N–H and O–H groups in total. The minimum atomic E-state index is 0.513. The van der Waals surface area contributed by atoms with Gasteiger partial charge in [0.25, 0.3) is 0 Å². The lowest BCUT2D eigenvalue weighted by atomic mass is 10.2. The lowest BCUT2D eigenvalue weighted by Gasteiger charge is -2.13. The molecule has 6 heteroatoms. The molecule has 0 radical (unpaired) electrons. The highest BCUT2D eigenvalue weighted by atomic mass is 16.5. The molecule has 29 heavy (non-hydrogen) atoms. The number of nitrogens with one attached hydrogen (secondary N) is 2. The molecule has 3 aromatic carbocycles. The standard InChI is InChI=1S/C23H22N4O2/c1-28-18-10-7-9-17(14-18)25-23-26-20-12-5-4-11-19(20)22(27-23)24-15-16-8-3-6-13-21(16)29-2/h3-14H,15H2,1-2H3,(H2,24,25,26,27). The van der Waals surface area contributed by atoms with Gasteiger partial charge in [-0.2, -0.15) is 4.98 Å². The predicted octanol–water partition coefficient (Wildman–Crippen LogP) is 5.00. The second kappa shape index (κ2) is 8.48. The van der Waals surface area contributed by atoms with Gasteiger partial charge in [0, 0.05) is 29.2 Å². The van der Waals surface area contributed by atoms with E-state index in [1.807, 2.05) is 72.8 Å². The van der Waals surface area contributed by atoms with E-state index in [2.05, 4.69) is 15.6 Å². The van der Waals surface area contributed by atoms with Crippen LogP contribution < -0.4 is 20.1 Å². The van der Waals surface area contributed by atoms with Gasteiger partial charge in [0.05, 0.1) is 19.7 Å². The first-order chi connectivity index (χ1) is 14.3. The minimum absolute atomic E-state index is 0.513. The van der Waals surface area contributed by atoms with Crippen molar-refractivity contribution in [2.45, 2.75) is 6.54 Å². The van der Waals surface area contributed by atoms with Crippen LogP contribution in [0.15, 0.2) is 72.8 Å². The van der Waals surface area contributed by atoms with E-state index in [-0.39, 0.29) is 0 Å². The molecule has 0 aliphatic rings. The highest BCUT2D eigenvalue weighted by Gasteiger charge is 2.09. The average molecular weight is 386 g/mol. The summed E-state index contributed by atoms with van der Waals surface area (Å²) in [6.45, 7) is 0.587. The smallest absolute Gasteiger partial charge is 0.229 e. The highest BCUT2D eigenvalue weighted by Crippen LogP contribution is 2.26. The Morgan fingerprint density at radius 3 is 2.52 bits per heavy atom. The molecule has 1 aromatic heterocycles. The average Bonchev–Trinajstić information content (AvgIpc) is 2.77. The lowest BCUT2D eigenvalue weighted by molar-refractivity contribution is 0.410. The Morgan fingerprint density at radius 2 is 1.66 bits per heavy atom. The van der Waals surface area contributed by atoms with Gasteiger partial charge in [-0.25, -0.2) is 4.98 Å². The van der Waals surface area contributed by atoms with Crippen molar-refractivity contribution >= 4 is 28.4 Å². The Balaban J connectivity index is 1.65. The molecule has 0 atom stereocenters. The number of nitrogens with zero attached hydrogens (tertiary/aromatic N) is 2. The number of hydrogen-bond acceptors (Lipinski definition) is 6. The van der Waals surface area contributed by atoms with E-state index in [1.165, 1.54) is 0 Å². The number of rotatable bonds is 7. The lowest BCUT2D eigenvalue weighted by Crippen LogP contribution is -2.06. The fourth-order valence-electron chi connectivity index (χ4n) is 3.13. The summed E-state index contributed by atoms with van der Waals surface area (Å²) >= 11 is 0. The molecule has 4 rings (SSSR count). The van der Waals surface area contributed by atoms with E-state index in [0.29, 0.717) is 12.5 Å². The predicted molar refractivity (Wildman–Crippen MR) is 116 cm³/mol. The molecule has 0 unspecified atom stereocenters. The minimum Gasteiger partial charge on any atom is -0.497 e. The Bertz CT molecular complexity index is 1130. The van der Waals surface area contributed by atoms with Crippen LogP contribution in [0, 0.1) is 0 Å². The molecule has 0 amide bonds. The van der Waals surface area contributed by atoms with Gasteiger partial charge < -0.3 is 20.1 Å². The number of methoxy groups -OCH3 is 2. The van der Waals surface area contributed by atoms with E-state index in [0.717, 1.165) is 39.5 Å². The number of fused-ring (bicyclic) bond motifs is 1. The van der Waals surface area contributed by atoms with Crippen molar-refractivity contribution in [1.29, 1.82) is 0 Å². The molecule has 0 spiro atoms. The van der Waals surface area contributed by atoms with Crippen LogP contribution in [-0.2, 0) is 6.54 Å². The second-order valence-corrected chi connectivity index (χ2v) is 6.44. The molecule has 4 aromatic rings. The van der Waals surface area contributed by atoms with Crippen molar-refractivity contribution < 1.29 is 9.47 Å². The van der Waals surface area contributed by atoms with E-state index < -0.39 is 0 Å². The molecular formula is C23H22N4O2. The van der Waals surface area contributed by atoms with Gasteiger partial charge in [0.2, 0.25) is 5.95 Å². The molecular weight excluding hydrogens is 364 g/mol. The van der Waals surface area contributed by atoms with Gasteiger partial charge in [0.1, 0.15) is 17.3 Å². The SMILES string of the molecule is COc1cccc(Nc2nc(NCc3ccccc3OC)c3ccccc3n2)c1. The zero-order valence-electron chi connectivity index (χ0n) is 16.3. The van der Waals surface area contributed by atoms with Crippen LogP contribution in [-0.4, -0.2) is 24.2 Å². The molecule has 6 nitrogen and oxygen atoms in total. The zero-order chi connectivity index (χ0) is 20.1. The van der Waals surface area contributed by atoms with Crippen molar-refractivity contribution in [1.82, 2.24) is 9.97 Å². The van der Waals surface area contributed by atoms with Gasteiger partial charge in [-0.15, -0.1) is 0 Å². The summed E-state index contributed by atoms with van der Waals surface area (Å²) in [6, 6.07) is 23.5. The first-order valence-corrected chi connectivity index (χ1v) is 9.30. The van der Waals surface area contributed by atoms with Gasteiger partial charge in [-0.05, 0) is 30.3 Å². The second-order valence-electron chi connectivity index (χ2n) is 6.44. The van der Waals surface area contributed by atoms with Gasteiger partial charge in [-0.3, -0.25) is 0 Å². The molecule has 0 aliphatic carbocycles. The maximum absolute atomic E-state index is 5.45. The normalized spacial score (nSPS) is 10.6. The summed E-state index contributed by atoms with van der Waals surface area (Å²) in [4.78, 5) is 9.35. The van der Waals surface area contributed by atoms with Crippen LogP contribution in [0.4, 0.5) is 17.5 Å². The Hall–Kier alpha value is -3.80. The van der Waals surface area contributed by atoms with Crippen LogP contribution >= 0.6 is 0 Å². The summed E-state index contributed by atoms with van der Waals surface area (Å²) in [7, 11) is 3.32. The van der Waals surface area contributed by atoms with Crippen LogP contribution in [0.5, 0.6) is 11.5 Å². The van der Waals surface area contributed by atoms with Crippen molar-refractivity contribution in [3.05, 3.63) is 78.4 Å². The molecule has 1 heterocycles. The Labute approximate surface area is 169 Å². The van der Waals surface area contributed by atoms with Gasteiger partial charge in [0.15, 0.2) is 0 Å². The van der Waals surface area contributed by atoms with Crippen molar-refractivity contribution in [3.63, 3.8) is 0 Å². The molecule has 146 valence electrons. The molecule has 0 bridgehead atoms. The van der Waals surface area contributed by atoms with E-state index in [4.69, 9.17) is 14.5 Å². The summed E-state index contributed by atoms with van der Waals surface area (Å²) in [5.41, 5.74) is 2.77. The largest absolute Gasteiger partial charge is 0.497 e. The van der Waals surface area contributed by atoms with Crippen molar-refractivity contribution in [2.75, 3.05) is 24.9 Å². The van der Waals surface area contributed by atoms with E-state index in [9.17, 15) is 0 Å². The van der Waals surface area contributed by atoms with Crippen LogP contribution in [0.3, 0.4) is 0 Å². The molecule has 0 fully saturated rings. The van der Waals surface area contributed by atoms with Gasteiger partial charge >= 0.3 is 0 Å². The van der Waals surface area contributed by atoms with Crippen molar-refractivity contribution in [2.24, 2.45) is 0 Å². The van der Waals surface area contributed by atoms with Crippen LogP contribution in [0.25, 0.3) is 10.9 Å². The third kappa shape index (κ3) is 4.21. The van der Waals surface area contributed by atoms with Crippen molar-refractivity contribution in [3.8, 4) is 11.5 Å². The number of aromatic nitrogens is 2. The number of para-hydroxylation sites is 2. The summed E-state index contributed by atoms with van der Waals surface area (Å²) in [6.07, 6.45) is 0. The Morgan fingerprint density at radius 1 is 0.828 bits per heavy atom. The maximum atomic E-state index is 5.45. The van der Waals surface area contributed by atoms with Gasteiger partial charge in [-0.1, -0.05) is 36.4 Å². The van der Waals surface area contributed by atoms with E-state index >= 15 is 0 Å². The summed E-state index contributed by atoms with van der Waals surface area (Å²) in [5, 5.41) is 7.65. The molecule has 0 saturated carbocycles. The summed E-state index contributed by atoms with van der Waals surface area (Å²) in [5.74, 6) is 2.88. The van der Waals surface area contributed by atoms with E-state index in [1.54, 1.807) is 14.2 Å². The third-order valence-corrected chi connectivity index (χ3v) is 4.57. The molecule has 0 saturated heterocycles. The molecule has 0 aliphatic heterocycles. The topological polar surface area (TPSA) is 68.3 Å².